The van der Waals surface area contributed by atoms with Crippen molar-refractivity contribution in [3.8, 4) is 5.75 Å². The number of carbonyl (C=O) groups excluding carboxylic acids is 1. The molecule has 17 heavy (non-hydrogen) atoms. The van der Waals surface area contributed by atoms with Crippen LogP contribution in [0.2, 0.25) is 0 Å². The lowest BCUT2D eigenvalue weighted by Crippen LogP contribution is -2.41. The Labute approximate surface area is 97.5 Å². The normalized spacial score (nSPS) is 11.8. The van der Waals surface area contributed by atoms with Gasteiger partial charge in [-0.2, -0.15) is 0 Å². The Bertz CT molecular complexity index is 401. The van der Waals surface area contributed by atoms with Crippen molar-refractivity contribution in [1.82, 2.24) is 5.32 Å². The number of aliphatic carboxylic acids is 1. The van der Waals surface area contributed by atoms with Gasteiger partial charge in [0.05, 0.1) is 0 Å². The number of amides is 1. The maximum absolute atomic E-state index is 11.6. The zero-order valence-corrected chi connectivity index (χ0v) is 8.96. The van der Waals surface area contributed by atoms with Gasteiger partial charge in [-0.05, 0) is 24.3 Å². The van der Waals surface area contributed by atoms with E-state index in [0.29, 0.717) is 0 Å². The summed E-state index contributed by atoms with van der Waals surface area (Å²) in [4.78, 5) is 22.4. The number of carboxylic acids is 1. The molecule has 0 spiro atoms. The molecule has 0 aliphatic carbocycles. The molecule has 1 aromatic carbocycles. The van der Waals surface area contributed by atoms with E-state index in [2.05, 4.69) is 5.32 Å². The number of benzene rings is 1. The molecule has 0 saturated heterocycles. The molecular weight excluding hydrogens is 226 g/mol. The van der Waals surface area contributed by atoms with Crippen molar-refractivity contribution in [1.29, 1.82) is 0 Å². The average Bonchev–Trinajstić information content (AvgIpc) is 2.29. The summed E-state index contributed by atoms with van der Waals surface area (Å²) in [6.45, 7) is -0.327. The molecule has 0 fully saturated rings. The smallest absolute Gasteiger partial charge is 0.326 e. The van der Waals surface area contributed by atoms with Crippen LogP contribution in [-0.2, 0) is 4.79 Å². The topological polar surface area (TPSA) is 107 Å². The molecule has 0 unspecified atom stereocenters. The highest BCUT2D eigenvalue weighted by atomic mass is 16.4. The Morgan fingerprint density at radius 3 is 2.29 bits per heavy atom. The van der Waals surface area contributed by atoms with E-state index in [-0.39, 0.29) is 24.3 Å². The number of aliphatic hydroxyl groups excluding tert-OH is 1. The maximum atomic E-state index is 11.6. The molecule has 6 heteroatoms. The number of phenols is 1. The number of hydrogen-bond acceptors (Lipinski definition) is 4. The molecule has 1 atom stereocenters. The fourth-order valence-corrected chi connectivity index (χ4v) is 1.24. The van der Waals surface area contributed by atoms with Crippen molar-refractivity contribution in [2.45, 2.75) is 12.5 Å². The molecule has 1 amide bonds. The second-order valence-corrected chi connectivity index (χ2v) is 3.42. The second kappa shape index (κ2) is 5.86. The number of aromatic hydroxyl groups is 1. The van der Waals surface area contributed by atoms with Crippen LogP contribution in [0.4, 0.5) is 0 Å². The fraction of sp³-hybridized carbons (Fsp3) is 0.273. The van der Waals surface area contributed by atoms with Crippen LogP contribution in [0.3, 0.4) is 0 Å². The first kappa shape index (κ1) is 13.0. The molecule has 1 aromatic rings. The van der Waals surface area contributed by atoms with Gasteiger partial charge in [0.25, 0.3) is 5.91 Å². The minimum absolute atomic E-state index is 0.0201. The Kier molecular flexibility index (Phi) is 4.47. The molecule has 0 aliphatic rings. The summed E-state index contributed by atoms with van der Waals surface area (Å²) < 4.78 is 0. The van der Waals surface area contributed by atoms with Crippen LogP contribution < -0.4 is 5.32 Å². The minimum Gasteiger partial charge on any atom is -0.508 e. The number of aliphatic hydroxyl groups is 1. The Morgan fingerprint density at radius 2 is 1.82 bits per heavy atom. The summed E-state index contributed by atoms with van der Waals surface area (Å²) >= 11 is 0. The average molecular weight is 239 g/mol. The van der Waals surface area contributed by atoms with Crippen LogP contribution in [0.5, 0.6) is 5.75 Å². The van der Waals surface area contributed by atoms with Crippen LogP contribution in [0.15, 0.2) is 24.3 Å². The molecule has 92 valence electrons. The van der Waals surface area contributed by atoms with Gasteiger partial charge in [-0.25, -0.2) is 4.79 Å². The predicted octanol–water partition coefficient (Wildman–Crippen LogP) is -0.0424. The maximum Gasteiger partial charge on any atom is 0.326 e. The first-order valence-corrected chi connectivity index (χ1v) is 4.98. The van der Waals surface area contributed by atoms with Crippen molar-refractivity contribution < 1.29 is 24.9 Å². The van der Waals surface area contributed by atoms with Crippen LogP contribution in [0.25, 0.3) is 0 Å². The zero-order valence-electron chi connectivity index (χ0n) is 8.96. The highest BCUT2D eigenvalue weighted by Crippen LogP contribution is 2.09. The molecule has 0 aliphatic heterocycles. The molecular formula is C11H13NO5. The third-order valence-corrected chi connectivity index (χ3v) is 2.15. The standard InChI is InChI=1S/C11H13NO5/c13-6-5-9(11(16)17)12-10(15)7-1-3-8(14)4-2-7/h1-4,9,13-14H,5-6H2,(H,12,15)(H,16,17)/t9-/m1/s1. The van der Waals surface area contributed by atoms with Gasteiger partial charge in [0.1, 0.15) is 11.8 Å². The molecule has 0 saturated carbocycles. The van der Waals surface area contributed by atoms with Gasteiger partial charge in [-0.1, -0.05) is 0 Å². The van der Waals surface area contributed by atoms with Crippen LogP contribution >= 0.6 is 0 Å². The van der Waals surface area contributed by atoms with Gasteiger partial charge >= 0.3 is 5.97 Å². The molecule has 1 rings (SSSR count). The molecule has 0 heterocycles. The van der Waals surface area contributed by atoms with Crippen molar-refractivity contribution in [3.05, 3.63) is 29.8 Å². The molecule has 0 bridgehead atoms. The van der Waals surface area contributed by atoms with Gasteiger partial charge in [-0.3, -0.25) is 4.79 Å². The van der Waals surface area contributed by atoms with Gasteiger partial charge < -0.3 is 20.6 Å². The number of carbonyl (C=O) groups is 2. The first-order valence-electron chi connectivity index (χ1n) is 4.98. The van der Waals surface area contributed by atoms with Crippen molar-refractivity contribution in [2.24, 2.45) is 0 Å². The third-order valence-electron chi connectivity index (χ3n) is 2.15. The zero-order chi connectivity index (χ0) is 12.8. The lowest BCUT2D eigenvalue weighted by Gasteiger charge is -2.13. The molecule has 6 nitrogen and oxygen atoms in total. The monoisotopic (exact) mass is 239 g/mol. The number of hydrogen-bond donors (Lipinski definition) is 4. The second-order valence-electron chi connectivity index (χ2n) is 3.42. The van der Waals surface area contributed by atoms with Crippen molar-refractivity contribution >= 4 is 11.9 Å². The van der Waals surface area contributed by atoms with E-state index in [4.69, 9.17) is 15.3 Å². The summed E-state index contributed by atoms with van der Waals surface area (Å²) in [6.07, 6.45) is -0.0564. The highest BCUT2D eigenvalue weighted by Gasteiger charge is 2.19. The fourth-order valence-electron chi connectivity index (χ4n) is 1.24. The SMILES string of the molecule is O=C(N[C@H](CCO)C(=O)O)c1ccc(O)cc1. The lowest BCUT2D eigenvalue weighted by molar-refractivity contribution is -0.139. The molecule has 0 radical (unpaired) electrons. The Hall–Kier alpha value is -2.08. The van der Waals surface area contributed by atoms with Gasteiger partial charge in [-0.15, -0.1) is 0 Å². The van der Waals surface area contributed by atoms with E-state index in [1.165, 1.54) is 24.3 Å². The summed E-state index contributed by atoms with van der Waals surface area (Å²) in [5.74, 6) is -1.75. The lowest BCUT2D eigenvalue weighted by atomic mass is 10.1. The van der Waals surface area contributed by atoms with E-state index in [9.17, 15) is 9.59 Å². The summed E-state index contributed by atoms with van der Waals surface area (Å²) in [6, 6.07) is 4.29. The third kappa shape index (κ3) is 3.76. The van der Waals surface area contributed by atoms with Gasteiger partial charge in [0, 0.05) is 18.6 Å². The van der Waals surface area contributed by atoms with E-state index >= 15 is 0 Å². The van der Waals surface area contributed by atoms with Gasteiger partial charge in [0.15, 0.2) is 0 Å². The van der Waals surface area contributed by atoms with Crippen molar-refractivity contribution in [3.63, 3.8) is 0 Å². The van der Waals surface area contributed by atoms with Crippen LogP contribution in [-0.4, -0.2) is 39.8 Å². The molecule has 0 aromatic heterocycles. The van der Waals surface area contributed by atoms with Crippen LogP contribution in [0, 0.1) is 0 Å². The quantitative estimate of drug-likeness (QED) is 0.576. The number of carboxylic acid groups (broad SMARTS) is 1. The number of rotatable bonds is 5. The van der Waals surface area contributed by atoms with E-state index in [0.717, 1.165) is 0 Å². The van der Waals surface area contributed by atoms with E-state index < -0.39 is 17.9 Å². The Balaban J connectivity index is 2.70. The number of nitrogens with one attached hydrogen (secondary N) is 1. The highest BCUT2D eigenvalue weighted by molar-refractivity contribution is 5.96. The van der Waals surface area contributed by atoms with Crippen molar-refractivity contribution in [2.75, 3.05) is 6.61 Å². The predicted molar refractivity (Wildman–Crippen MR) is 58.7 cm³/mol. The van der Waals surface area contributed by atoms with E-state index in [1.807, 2.05) is 0 Å². The number of phenolic OH excluding ortho intramolecular Hbond substituents is 1. The Morgan fingerprint density at radius 1 is 1.24 bits per heavy atom. The van der Waals surface area contributed by atoms with Crippen LogP contribution in [0.1, 0.15) is 16.8 Å². The summed E-state index contributed by atoms with van der Waals surface area (Å²) in [5.41, 5.74) is 0.243. The van der Waals surface area contributed by atoms with Gasteiger partial charge in [0.2, 0.25) is 0 Å². The first-order chi connectivity index (χ1) is 8.04. The van der Waals surface area contributed by atoms with E-state index in [1.54, 1.807) is 0 Å². The summed E-state index contributed by atoms with van der Waals surface area (Å²) in [7, 11) is 0. The molecule has 4 N–H and O–H groups in total. The largest absolute Gasteiger partial charge is 0.508 e. The summed E-state index contributed by atoms with van der Waals surface area (Å²) in [5, 5.41) is 28.7. The minimum atomic E-state index is -1.20.